The van der Waals surface area contributed by atoms with Gasteiger partial charge in [-0.3, -0.25) is 4.79 Å². The molecule has 144 valence electrons. The lowest BCUT2D eigenvalue weighted by atomic mass is 10.1. The van der Waals surface area contributed by atoms with Crippen molar-refractivity contribution in [1.82, 2.24) is 5.43 Å². The van der Waals surface area contributed by atoms with Gasteiger partial charge >= 0.3 is 5.97 Å². The van der Waals surface area contributed by atoms with Gasteiger partial charge in [0, 0.05) is 10.0 Å². The maximum atomic E-state index is 13.9. The number of carbonyl (C=O) groups is 2. The molecule has 0 unspecified atom stereocenters. The number of nitrogens with zero attached hydrogens (tertiary/aromatic N) is 2. The second kappa shape index (κ2) is 10.2. The summed E-state index contributed by atoms with van der Waals surface area (Å²) in [5.74, 6) is -1.77. The van der Waals surface area contributed by atoms with Gasteiger partial charge in [0.2, 0.25) is 0 Å². The molecule has 0 fully saturated rings. The summed E-state index contributed by atoms with van der Waals surface area (Å²) >= 11 is 3.31. The third-order valence-electron chi connectivity index (χ3n) is 3.34. The highest BCUT2D eigenvalue weighted by molar-refractivity contribution is 9.10. The minimum Gasteiger partial charge on any atom is -0.481 e. The van der Waals surface area contributed by atoms with Crippen LogP contribution in [0, 0.1) is 17.1 Å². The van der Waals surface area contributed by atoms with E-state index in [-0.39, 0.29) is 24.3 Å². The van der Waals surface area contributed by atoms with Crippen molar-refractivity contribution in [2.75, 3.05) is 13.2 Å². The van der Waals surface area contributed by atoms with Crippen LogP contribution >= 0.6 is 15.9 Å². The van der Waals surface area contributed by atoms with Crippen molar-refractivity contribution < 1.29 is 23.5 Å². The van der Waals surface area contributed by atoms with Crippen molar-refractivity contribution in [3.8, 4) is 11.8 Å². The molecule has 7 nitrogen and oxygen atoms in total. The van der Waals surface area contributed by atoms with E-state index in [1.165, 1.54) is 18.3 Å². The molecular formula is C19H15BrFN3O4. The highest BCUT2D eigenvalue weighted by Gasteiger charge is 2.12. The molecule has 0 radical (unpaired) electrons. The number of rotatable bonds is 7. The summed E-state index contributed by atoms with van der Waals surface area (Å²) in [7, 11) is 0. The number of carbonyl (C=O) groups excluding carboxylic acids is 2. The molecule has 0 saturated heterocycles. The normalized spacial score (nSPS) is 10.4. The zero-order chi connectivity index (χ0) is 20.5. The van der Waals surface area contributed by atoms with Gasteiger partial charge in [0.25, 0.3) is 5.91 Å². The summed E-state index contributed by atoms with van der Waals surface area (Å²) in [5, 5.41) is 12.5. The average Bonchev–Trinajstić information content (AvgIpc) is 2.67. The van der Waals surface area contributed by atoms with Gasteiger partial charge in [-0.1, -0.05) is 15.9 Å². The van der Waals surface area contributed by atoms with Gasteiger partial charge in [-0.2, -0.15) is 10.4 Å². The van der Waals surface area contributed by atoms with Crippen molar-refractivity contribution in [3.63, 3.8) is 0 Å². The summed E-state index contributed by atoms with van der Waals surface area (Å²) in [6.07, 6.45) is 1.30. The molecule has 28 heavy (non-hydrogen) atoms. The Bertz CT molecular complexity index is 957. The number of ether oxygens (including phenoxy) is 2. The predicted molar refractivity (Wildman–Crippen MR) is 102 cm³/mol. The van der Waals surface area contributed by atoms with Gasteiger partial charge < -0.3 is 9.47 Å². The second-order valence-corrected chi connectivity index (χ2v) is 6.20. The molecule has 0 heterocycles. The zero-order valence-electron chi connectivity index (χ0n) is 14.7. The predicted octanol–water partition coefficient (Wildman–Crippen LogP) is 3.17. The second-order valence-electron chi connectivity index (χ2n) is 5.28. The first kappa shape index (κ1) is 21.1. The molecule has 0 saturated carbocycles. The summed E-state index contributed by atoms with van der Waals surface area (Å²) in [6.45, 7) is 1.66. The molecular weight excluding hydrogens is 433 g/mol. The van der Waals surface area contributed by atoms with Crippen molar-refractivity contribution in [3.05, 3.63) is 63.4 Å². The summed E-state index contributed by atoms with van der Waals surface area (Å²) in [5.41, 5.74) is 2.53. The summed E-state index contributed by atoms with van der Waals surface area (Å²) < 4.78 is 24.8. The van der Waals surface area contributed by atoms with Gasteiger partial charge in [0.05, 0.1) is 30.0 Å². The Hall–Kier alpha value is -3.25. The standard InChI is InChI=1S/C19H15BrFN3O4/c1-2-27-18(25)11-28-17-6-4-14(20)8-13(17)10-23-24-19(26)15-5-3-12(9-22)7-16(15)21/h3-8,10H,2,11H2,1H3,(H,24,26)/b23-10-. The van der Waals surface area contributed by atoms with Crippen LogP contribution in [0.3, 0.4) is 0 Å². The number of hydrogen-bond acceptors (Lipinski definition) is 6. The molecule has 0 spiro atoms. The average molecular weight is 448 g/mol. The molecule has 2 aromatic carbocycles. The van der Waals surface area contributed by atoms with E-state index >= 15 is 0 Å². The number of esters is 1. The van der Waals surface area contributed by atoms with Crippen molar-refractivity contribution >= 4 is 34.0 Å². The van der Waals surface area contributed by atoms with Crippen LogP contribution in [0.2, 0.25) is 0 Å². The van der Waals surface area contributed by atoms with Gasteiger partial charge in [-0.15, -0.1) is 0 Å². The zero-order valence-corrected chi connectivity index (χ0v) is 16.3. The third-order valence-corrected chi connectivity index (χ3v) is 3.83. The van der Waals surface area contributed by atoms with Gasteiger partial charge in [-0.05, 0) is 43.3 Å². The number of halogens is 2. The van der Waals surface area contributed by atoms with E-state index in [1.807, 2.05) is 0 Å². The lowest BCUT2D eigenvalue weighted by Gasteiger charge is -2.09. The maximum absolute atomic E-state index is 13.9. The van der Waals surface area contributed by atoms with Crippen LogP contribution in [0.5, 0.6) is 5.75 Å². The van der Waals surface area contributed by atoms with Crippen LogP contribution in [-0.4, -0.2) is 31.3 Å². The molecule has 2 rings (SSSR count). The van der Waals surface area contributed by atoms with Crippen molar-refractivity contribution in [1.29, 1.82) is 5.26 Å². The molecule has 0 bridgehead atoms. The molecule has 0 aliphatic rings. The topological polar surface area (TPSA) is 101 Å². The quantitative estimate of drug-likeness (QED) is 0.399. The number of benzene rings is 2. The maximum Gasteiger partial charge on any atom is 0.344 e. The number of nitrogens with one attached hydrogen (secondary N) is 1. The molecule has 1 amide bonds. The molecule has 0 aromatic heterocycles. The van der Waals surface area contributed by atoms with Crippen LogP contribution in [0.1, 0.15) is 28.4 Å². The van der Waals surface area contributed by atoms with Crippen LogP contribution in [0.15, 0.2) is 46.0 Å². The van der Waals surface area contributed by atoms with E-state index in [1.54, 1.807) is 31.2 Å². The van der Waals surface area contributed by atoms with Gasteiger partial charge in [0.1, 0.15) is 11.6 Å². The SMILES string of the molecule is CCOC(=O)COc1ccc(Br)cc1/C=N\NC(=O)c1ccc(C#N)cc1F. The molecule has 0 aliphatic carbocycles. The number of amides is 1. The molecule has 0 atom stereocenters. The highest BCUT2D eigenvalue weighted by Crippen LogP contribution is 2.22. The van der Waals surface area contributed by atoms with Crippen LogP contribution in [0.25, 0.3) is 0 Å². The Kier molecular flexibility index (Phi) is 7.65. The number of nitriles is 1. The smallest absolute Gasteiger partial charge is 0.344 e. The first-order chi connectivity index (χ1) is 13.4. The largest absolute Gasteiger partial charge is 0.481 e. The number of hydrazone groups is 1. The lowest BCUT2D eigenvalue weighted by molar-refractivity contribution is -0.145. The third kappa shape index (κ3) is 5.89. The fourth-order valence-electron chi connectivity index (χ4n) is 2.08. The van der Waals surface area contributed by atoms with E-state index in [9.17, 15) is 14.0 Å². The fraction of sp³-hybridized carbons (Fsp3) is 0.158. The minimum atomic E-state index is -0.826. The lowest BCUT2D eigenvalue weighted by Crippen LogP contribution is -2.19. The Balaban J connectivity index is 2.09. The van der Waals surface area contributed by atoms with Crippen LogP contribution in [0.4, 0.5) is 4.39 Å². The van der Waals surface area contributed by atoms with Crippen LogP contribution < -0.4 is 10.2 Å². The molecule has 9 heteroatoms. The minimum absolute atomic E-state index is 0.107. The Labute approximate surface area is 168 Å². The van der Waals surface area contributed by atoms with E-state index in [0.29, 0.717) is 11.3 Å². The van der Waals surface area contributed by atoms with E-state index in [4.69, 9.17) is 14.7 Å². The van der Waals surface area contributed by atoms with Crippen molar-refractivity contribution in [2.45, 2.75) is 6.92 Å². The first-order valence-electron chi connectivity index (χ1n) is 8.05. The van der Waals surface area contributed by atoms with Crippen LogP contribution in [-0.2, 0) is 9.53 Å². The van der Waals surface area contributed by atoms with Gasteiger partial charge in [0.15, 0.2) is 6.61 Å². The first-order valence-corrected chi connectivity index (χ1v) is 8.85. The molecule has 1 N–H and O–H groups in total. The Morgan fingerprint density at radius 2 is 2.11 bits per heavy atom. The van der Waals surface area contributed by atoms with E-state index in [0.717, 1.165) is 10.5 Å². The number of hydrogen-bond donors (Lipinski definition) is 1. The Morgan fingerprint density at radius 3 is 2.79 bits per heavy atom. The highest BCUT2D eigenvalue weighted by atomic mass is 79.9. The van der Waals surface area contributed by atoms with E-state index in [2.05, 4.69) is 26.5 Å². The summed E-state index contributed by atoms with van der Waals surface area (Å²) in [4.78, 5) is 23.5. The van der Waals surface area contributed by atoms with Crippen molar-refractivity contribution in [2.24, 2.45) is 5.10 Å². The van der Waals surface area contributed by atoms with Gasteiger partial charge in [-0.25, -0.2) is 14.6 Å². The molecule has 0 aliphatic heterocycles. The molecule has 2 aromatic rings. The fourth-order valence-corrected chi connectivity index (χ4v) is 2.46. The van der Waals surface area contributed by atoms with E-state index < -0.39 is 17.7 Å². The monoisotopic (exact) mass is 447 g/mol. The summed E-state index contributed by atoms with van der Waals surface area (Å²) in [6, 6.07) is 10.3. The Morgan fingerprint density at radius 1 is 1.32 bits per heavy atom.